The molecule has 4 heteroatoms. The van der Waals surface area contributed by atoms with Gasteiger partial charge in [-0.05, 0) is 32.6 Å². The fourth-order valence-electron chi connectivity index (χ4n) is 3.54. The maximum absolute atomic E-state index is 10.00. The summed E-state index contributed by atoms with van der Waals surface area (Å²) >= 11 is 0. The van der Waals surface area contributed by atoms with Gasteiger partial charge in [0.1, 0.15) is 0 Å². The third kappa shape index (κ3) is 6.64. The summed E-state index contributed by atoms with van der Waals surface area (Å²) in [5, 5.41) is 10.00. The van der Waals surface area contributed by atoms with E-state index in [1.165, 1.54) is 38.6 Å². The van der Waals surface area contributed by atoms with E-state index in [0.717, 1.165) is 38.6 Å². The molecule has 2 aliphatic rings. The van der Waals surface area contributed by atoms with Crippen LogP contribution in [-0.4, -0.2) is 73.0 Å². The predicted molar refractivity (Wildman–Crippen MR) is 86.5 cm³/mol. The molecule has 2 rings (SSSR count). The highest BCUT2D eigenvalue weighted by Gasteiger charge is 2.22. The largest absolute Gasteiger partial charge is 0.389 e. The topological polar surface area (TPSA) is 35.9 Å². The van der Waals surface area contributed by atoms with Crippen molar-refractivity contribution in [1.29, 1.82) is 0 Å². The smallest absolute Gasteiger partial charge is 0.0900 e. The van der Waals surface area contributed by atoms with E-state index < -0.39 is 0 Å². The Morgan fingerprint density at radius 3 is 2.24 bits per heavy atom. The van der Waals surface area contributed by atoms with Gasteiger partial charge in [-0.2, -0.15) is 0 Å². The van der Waals surface area contributed by atoms with Crippen molar-refractivity contribution in [2.75, 3.05) is 45.9 Å². The summed E-state index contributed by atoms with van der Waals surface area (Å²) in [6, 6.07) is 0. The second-order valence-corrected chi connectivity index (χ2v) is 7.14. The van der Waals surface area contributed by atoms with Gasteiger partial charge in [0, 0.05) is 39.3 Å². The molecule has 0 aromatic carbocycles. The highest BCUT2D eigenvalue weighted by Crippen LogP contribution is 2.24. The molecule has 2 fully saturated rings. The Hall–Kier alpha value is -0.160. The van der Waals surface area contributed by atoms with Crippen LogP contribution in [0.25, 0.3) is 0 Å². The summed E-state index contributed by atoms with van der Waals surface area (Å²) < 4.78 is 5.48. The van der Waals surface area contributed by atoms with Crippen molar-refractivity contribution in [2.45, 2.75) is 58.2 Å². The molecule has 1 unspecified atom stereocenters. The third-order valence-corrected chi connectivity index (χ3v) is 4.80. The number of rotatable bonds is 7. The van der Waals surface area contributed by atoms with Crippen LogP contribution >= 0.6 is 0 Å². The van der Waals surface area contributed by atoms with Crippen LogP contribution in [0, 0.1) is 5.92 Å². The maximum atomic E-state index is 10.00. The number of aliphatic hydroxyl groups is 1. The van der Waals surface area contributed by atoms with Crippen molar-refractivity contribution in [3.8, 4) is 0 Å². The summed E-state index contributed by atoms with van der Waals surface area (Å²) in [5.74, 6) is 0.940. The van der Waals surface area contributed by atoms with Gasteiger partial charge in [-0.15, -0.1) is 0 Å². The molecule has 0 amide bonds. The van der Waals surface area contributed by atoms with Gasteiger partial charge < -0.3 is 14.7 Å². The molecule has 0 bridgehead atoms. The molecule has 1 N–H and O–H groups in total. The number of aliphatic hydroxyl groups excluding tert-OH is 1. The van der Waals surface area contributed by atoms with E-state index in [4.69, 9.17) is 4.74 Å². The number of hydrogen-bond acceptors (Lipinski definition) is 4. The van der Waals surface area contributed by atoms with Gasteiger partial charge in [-0.1, -0.05) is 19.3 Å². The number of piperazine rings is 1. The molecule has 1 aliphatic heterocycles. The monoisotopic (exact) mass is 298 g/mol. The highest BCUT2D eigenvalue weighted by atomic mass is 16.5. The summed E-state index contributed by atoms with van der Waals surface area (Å²) in [6.45, 7) is 11.0. The molecule has 1 saturated carbocycles. The van der Waals surface area contributed by atoms with Crippen molar-refractivity contribution in [2.24, 2.45) is 5.92 Å². The van der Waals surface area contributed by atoms with Crippen LogP contribution in [0.3, 0.4) is 0 Å². The van der Waals surface area contributed by atoms with Crippen LogP contribution in [0.2, 0.25) is 0 Å². The lowest BCUT2D eigenvalue weighted by Gasteiger charge is -2.37. The minimum absolute atomic E-state index is 0.201. The first-order valence-corrected chi connectivity index (χ1v) is 8.88. The van der Waals surface area contributed by atoms with Gasteiger partial charge in [-0.25, -0.2) is 0 Å². The Morgan fingerprint density at radius 2 is 1.62 bits per heavy atom. The van der Waals surface area contributed by atoms with E-state index in [2.05, 4.69) is 9.80 Å². The Bertz CT molecular complexity index is 272. The van der Waals surface area contributed by atoms with Gasteiger partial charge in [0.25, 0.3) is 0 Å². The Kier molecular flexibility index (Phi) is 7.44. The third-order valence-electron chi connectivity index (χ3n) is 4.80. The molecule has 1 atom stereocenters. The van der Waals surface area contributed by atoms with Gasteiger partial charge in [0.05, 0.1) is 18.8 Å². The molecule has 124 valence electrons. The fourth-order valence-corrected chi connectivity index (χ4v) is 3.54. The first-order chi connectivity index (χ1) is 10.1. The number of β-amino-alcohol motifs (C(OH)–C–C–N with tert-alkyl or cyclic N) is 1. The quantitative estimate of drug-likeness (QED) is 0.779. The maximum Gasteiger partial charge on any atom is 0.0900 e. The van der Waals surface area contributed by atoms with Gasteiger partial charge in [-0.3, -0.25) is 4.90 Å². The lowest BCUT2D eigenvalue weighted by atomic mass is 9.89. The van der Waals surface area contributed by atoms with Crippen molar-refractivity contribution in [3.05, 3.63) is 0 Å². The van der Waals surface area contributed by atoms with E-state index in [0.29, 0.717) is 6.61 Å². The van der Waals surface area contributed by atoms with Crippen LogP contribution in [-0.2, 0) is 4.74 Å². The lowest BCUT2D eigenvalue weighted by Crippen LogP contribution is -2.50. The minimum atomic E-state index is -0.350. The van der Waals surface area contributed by atoms with Gasteiger partial charge in [0.15, 0.2) is 0 Å². The zero-order chi connectivity index (χ0) is 15.1. The summed E-state index contributed by atoms with van der Waals surface area (Å²) in [7, 11) is 0. The normalized spacial score (nSPS) is 24.6. The molecular weight excluding hydrogens is 264 g/mol. The number of ether oxygens (including phenoxy) is 1. The Balaban J connectivity index is 1.59. The first-order valence-electron chi connectivity index (χ1n) is 8.88. The average molecular weight is 298 g/mol. The van der Waals surface area contributed by atoms with E-state index in [1.807, 2.05) is 13.8 Å². The highest BCUT2D eigenvalue weighted by molar-refractivity contribution is 4.77. The summed E-state index contributed by atoms with van der Waals surface area (Å²) in [6.07, 6.45) is 7.04. The molecule has 1 aliphatic carbocycles. The fraction of sp³-hybridized carbons (Fsp3) is 1.00. The van der Waals surface area contributed by atoms with Gasteiger partial charge in [0.2, 0.25) is 0 Å². The molecule has 0 radical (unpaired) electrons. The molecular formula is C17H34N2O2. The zero-order valence-corrected chi connectivity index (χ0v) is 14.0. The van der Waals surface area contributed by atoms with E-state index in [9.17, 15) is 5.11 Å². The summed E-state index contributed by atoms with van der Waals surface area (Å²) in [5.41, 5.74) is 0. The van der Waals surface area contributed by atoms with E-state index >= 15 is 0 Å². The van der Waals surface area contributed by atoms with E-state index in [-0.39, 0.29) is 12.2 Å². The second-order valence-electron chi connectivity index (χ2n) is 7.14. The molecule has 1 saturated heterocycles. The predicted octanol–water partition coefficient (Wildman–Crippen LogP) is 1.97. The van der Waals surface area contributed by atoms with Crippen molar-refractivity contribution >= 4 is 0 Å². The summed E-state index contributed by atoms with van der Waals surface area (Å²) in [4.78, 5) is 5.01. The zero-order valence-electron chi connectivity index (χ0n) is 14.0. The number of nitrogens with zero attached hydrogens (tertiary/aromatic N) is 2. The molecule has 0 aromatic rings. The van der Waals surface area contributed by atoms with Crippen LogP contribution in [0.15, 0.2) is 0 Å². The molecule has 21 heavy (non-hydrogen) atoms. The van der Waals surface area contributed by atoms with Crippen LogP contribution in [0.1, 0.15) is 46.0 Å². The molecule has 4 nitrogen and oxygen atoms in total. The Labute approximate surface area is 130 Å². The lowest BCUT2D eigenvalue weighted by molar-refractivity contribution is -0.0153. The van der Waals surface area contributed by atoms with Crippen LogP contribution in [0.4, 0.5) is 0 Å². The number of hydrogen-bond donors (Lipinski definition) is 1. The van der Waals surface area contributed by atoms with Crippen LogP contribution in [0.5, 0.6) is 0 Å². The van der Waals surface area contributed by atoms with Crippen LogP contribution < -0.4 is 0 Å². The molecule has 0 spiro atoms. The SMILES string of the molecule is CC(C)OCC(O)CN1CCN(CC2CCCCC2)CC1. The van der Waals surface area contributed by atoms with Gasteiger partial charge >= 0.3 is 0 Å². The molecule has 0 aromatic heterocycles. The van der Waals surface area contributed by atoms with Crippen molar-refractivity contribution in [1.82, 2.24) is 9.80 Å². The second kappa shape index (κ2) is 9.09. The van der Waals surface area contributed by atoms with Crippen molar-refractivity contribution in [3.63, 3.8) is 0 Å². The standard InChI is InChI=1S/C17H34N2O2/c1-15(2)21-14-17(20)13-19-10-8-18(9-11-19)12-16-6-4-3-5-7-16/h15-17,20H,3-14H2,1-2H3. The van der Waals surface area contributed by atoms with E-state index in [1.54, 1.807) is 0 Å². The average Bonchev–Trinajstić information content (AvgIpc) is 2.48. The minimum Gasteiger partial charge on any atom is -0.389 e. The Morgan fingerprint density at radius 1 is 1.00 bits per heavy atom. The molecule has 1 heterocycles. The first kappa shape index (κ1) is 17.2. The van der Waals surface area contributed by atoms with Crippen molar-refractivity contribution < 1.29 is 9.84 Å².